The normalized spacial score (nSPS) is 29.2. The molecule has 1 saturated heterocycles. The third-order valence-corrected chi connectivity index (χ3v) is 6.86. The summed E-state index contributed by atoms with van der Waals surface area (Å²) in [5.41, 5.74) is 4.20. The lowest BCUT2D eigenvalue weighted by atomic mass is 9.68. The topological polar surface area (TPSA) is 29.4 Å². The minimum Gasteiger partial charge on any atom is -0.294 e. The first-order valence-corrected chi connectivity index (χ1v) is 9.62. The second-order valence-corrected chi connectivity index (χ2v) is 8.93. The SMILES string of the molecule is CC1(C)CCC2=C(C1=O)C(c1ccc(Cl)cc1)C1SCCC1=N2. The Morgan fingerprint density at radius 3 is 2.70 bits per heavy atom. The number of halogens is 1. The highest BCUT2D eigenvalue weighted by Gasteiger charge is 2.46. The van der Waals surface area contributed by atoms with Crippen LogP contribution in [-0.4, -0.2) is 22.5 Å². The Balaban J connectivity index is 1.87. The summed E-state index contributed by atoms with van der Waals surface area (Å²) in [5, 5.41) is 1.05. The van der Waals surface area contributed by atoms with Crippen molar-refractivity contribution < 1.29 is 4.79 Å². The minimum absolute atomic E-state index is 0.134. The fourth-order valence-electron chi connectivity index (χ4n) is 3.88. The molecule has 0 spiro atoms. The number of ketones is 1. The lowest BCUT2D eigenvalue weighted by Gasteiger charge is -2.38. The number of carbonyl (C=O) groups is 1. The van der Waals surface area contributed by atoms with Crippen molar-refractivity contribution in [1.29, 1.82) is 0 Å². The molecule has 2 heterocycles. The number of nitrogens with zero attached hydrogens (tertiary/aromatic N) is 1. The van der Waals surface area contributed by atoms with Gasteiger partial charge in [0.1, 0.15) is 0 Å². The number of Topliss-reactive ketones (excluding diaryl/α,β-unsaturated/α-hetero) is 1. The third-order valence-electron chi connectivity index (χ3n) is 5.26. The molecule has 0 radical (unpaired) electrons. The van der Waals surface area contributed by atoms with Crippen molar-refractivity contribution in [3.05, 3.63) is 46.1 Å². The van der Waals surface area contributed by atoms with Crippen LogP contribution in [0.1, 0.15) is 44.6 Å². The maximum Gasteiger partial charge on any atom is 0.166 e. The number of allylic oxidation sites excluding steroid dienone is 2. The van der Waals surface area contributed by atoms with E-state index in [1.807, 2.05) is 23.9 Å². The zero-order chi connectivity index (χ0) is 16.2. The maximum absolute atomic E-state index is 13.2. The molecule has 4 rings (SSSR count). The lowest BCUT2D eigenvalue weighted by Crippen LogP contribution is -2.38. The van der Waals surface area contributed by atoms with Gasteiger partial charge in [-0.25, -0.2) is 0 Å². The highest BCUT2D eigenvalue weighted by Crippen LogP contribution is 2.50. The van der Waals surface area contributed by atoms with Gasteiger partial charge in [-0.15, -0.1) is 0 Å². The molecule has 23 heavy (non-hydrogen) atoms. The van der Waals surface area contributed by atoms with Crippen molar-refractivity contribution in [2.45, 2.75) is 44.3 Å². The van der Waals surface area contributed by atoms with E-state index in [0.717, 1.165) is 41.3 Å². The number of fused-ring (bicyclic) bond motifs is 1. The van der Waals surface area contributed by atoms with Gasteiger partial charge in [0.15, 0.2) is 5.78 Å². The fraction of sp³-hybridized carbons (Fsp3) is 0.474. The van der Waals surface area contributed by atoms with Gasteiger partial charge in [-0.1, -0.05) is 37.6 Å². The van der Waals surface area contributed by atoms with E-state index in [1.165, 1.54) is 11.3 Å². The standard InChI is InChI=1S/C19H20ClNOS/c1-19(2)9-7-13-16(18(19)22)15(11-3-5-12(20)6-4-11)17-14(21-13)8-10-23-17/h3-6,15,17H,7-10H2,1-2H3. The number of rotatable bonds is 1. The zero-order valence-electron chi connectivity index (χ0n) is 13.4. The molecule has 3 aliphatic rings. The average Bonchev–Trinajstić information content (AvgIpc) is 2.98. The van der Waals surface area contributed by atoms with Crippen LogP contribution in [0, 0.1) is 5.41 Å². The zero-order valence-corrected chi connectivity index (χ0v) is 15.0. The van der Waals surface area contributed by atoms with Gasteiger partial charge in [-0.2, -0.15) is 11.8 Å². The number of hydrogen-bond donors (Lipinski definition) is 0. The molecule has 0 bridgehead atoms. The first-order chi connectivity index (χ1) is 11.0. The van der Waals surface area contributed by atoms with Crippen molar-refractivity contribution in [2.75, 3.05) is 5.75 Å². The fourth-order valence-corrected chi connectivity index (χ4v) is 5.44. The predicted octanol–water partition coefficient (Wildman–Crippen LogP) is 5.03. The number of benzene rings is 1. The molecule has 0 amide bonds. The predicted molar refractivity (Wildman–Crippen MR) is 97.5 cm³/mol. The molecule has 2 unspecified atom stereocenters. The van der Waals surface area contributed by atoms with E-state index in [4.69, 9.17) is 16.6 Å². The van der Waals surface area contributed by atoms with Gasteiger partial charge >= 0.3 is 0 Å². The van der Waals surface area contributed by atoms with E-state index < -0.39 is 0 Å². The molecular formula is C19H20ClNOS. The minimum atomic E-state index is -0.278. The second-order valence-electron chi connectivity index (χ2n) is 7.25. The van der Waals surface area contributed by atoms with Crippen LogP contribution < -0.4 is 0 Å². The molecule has 0 N–H and O–H groups in total. The van der Waals surface area contributed by atoms with Crippen molar-refractivity contribution in [2.24, 2.45) is 10.4 Å². The summed E-state index contributed by atoms with van der Waals surface area (Å²) in [6.07, 6.45) is 2.86. The van der Waals surface area contributed by atoms with Crippen molar-refractivity contribution >= 4 is 34.9 Å². The Bertz CT molecular complexity index is 732. The highest BCUT2D eigenvalue weighted by atomic mass is 35.5. The number of thioether (sulfide) groups is 1. The van der Waals surface area contributed by atoms with Crippen LogP contribution in [-0.2, 0) is 4.79 Å². The molecule has 1 fully saturated rings. The summed E-state index contributed by atoms with van der Waals surface area (Å²) in [7, 11) is 0. The second kappa shape index (κ2) is 5.49. The number of aliphatic imine (C=N–C) groups is 1. The van der Waals surface area contributed by atoms with E-state index in [9.17, 15) is 4.79 Å². The van der Waals surface area contributed by atoms with E-state index in [-0.39, 0.29) is 17.1 Å². The van der Waals surface area contributed by atoms with E-state index in [2.05, 4.69) is 26.0 Å². The van der Waals surface area contributed by atoms with Crippen LogP contribution in [0.15, 0.2) is 40.5 Å². The van der Waals surface area contributed by atoms with Gasteiger partial charge in [-0.05, 0) is 42.7 Å². The van der Waals surface area contributed by atoms with E-state index in [1.54, 1.807) is 0 Å². The molecule has 0 saturated carbocycles. The van der Waals surface area contributed by atoms with Gasteiger partial charge < -0.3 is 0 Å². The molecule has 2 nitrogen and oxygen atoms in total. The van der Waals surface area contributed by atoms with Gasteiger partial charge in [-0.3, -0.25) is 9.79 Å². The van der Waals surface area contributed by atoms with Crippen LogP contribution >= 0.6 is 23.4 Å². The van der Waals surface area contributed by atoms with Crippen LogP contribution in [0.2, 0.25) is 5.02 Å². The van der Waals surface area contributed by atoms with E-state index >= 15 is 0 Å². The van der Waals surface area contributed by atoms with Crippen molar-refractivity contribution in [3.63, 3.8) is 0 Å². The Morgan fingerprint density at radius 2 is 1.96 bits per heavy atom. The molecule has 1 aromatic rings. The van der Waals surface area contributed by atoms with Crippen LogP contribution in [0.3, 0.4) is 0 Å². The Morgan fingerprint density at radius 1 is 1.22 bits per heavy atom. The monoisotopic (exact) mass is 345 g/mol. The van der Waals surface area contributed by atoms with Gasteiger partial charge in [0.2, 0.25) is 0 Å². The summed E-state index contributed by atoms with van der Waals surface area (Å²) < 4.78 is 0. The van der Waals surface area contributed by atoms with Gasteiger partial charge in [0, 0.05) is 33.3 Å². The lowest BCUT2D eigenvalue weighted by molar-refractivity contribution is -0.124. The van der Waals surface area contributed by atoms with Gasteiger partial charge in [0.25, 0.3) is 0 Å². The Kier molecular flexibility index (Phi) is 3.69. The molecule has 1 aromatic carbocycles. The summed E-state index contributed by atoms with van der Waals surface area (Å²) in [6.45, 7) is 4.14. The summed E-state index contributed by atoms with van der Waals surface area (Å²) in [4.78, 5) is 18.1. The number of carbonyl (C=O) groups excluding carboxylic acids is 1. The quantitative estimate of drug-likeness (QED) is 0.714. The van der Waals surface area contributed by atoms with Crippen molar-refractivity contribution in [3.8, 4) is 0 Å². The average molecular weight is 346 g/mol. The molecule has 0 aromatic heterocycles. The van der Waals surface area contributed by atoms with Gasteiger partial charge in [0.05, 0.1) is 5.25 Å². The first kappa shape index (κ1) is 15.5. The number of hydrogen-bond acceptors (Lipinski definition) is 3. The summed E-state index contributed by atoms with van der Waals surface area (Å²) in [5.74, 6) is 1.52. The van der Waals surface area contributed by atoms with E-state index in [0.29, 0.717) is 5.25 Å². The maximum atomic E-state index is 13.2. The van der Waals surface area contributed by atoms with Crippen LogP contribution in [0.5, 0.6) is 0 Å². The molecule has 120 valence electrons. The summed E-state index contributed by atoms with van der Waals surface area (Å²) >= 11 is 8.01. The molecular weight excluding hydrogens is 326 g/mol. The largest absolute Gasteiger partial charge is 0.294 e. The van der Waals surface area contributed by atoms with Crippen molar-refractivity contribution in [1.82, 2.24) is 0 Å². The Hall–Kier alpha value is -1.06. The van der Waals surface area contributed by atoms with Crippen LogP contribution in [0.4, 0.5) is 0 Å². The smallest absolute Gasteiger partial charge is 0.166 e. The molecule has 2 atom stereocenters. The summed E-state index contributed by atoms with van der Waals surface area (Å²) in [6, 6.07) is 8.02. The highest BCUT2D eigenvalue weighted by molar-refractivity contribution is 8.01. The van der Waals surface area contributed by atoms with Crippen LogP contribution in [0.25, 0.3) is 0 Å². The first-order valence-electron chi connectivity index (χ1n) is 8.20. The third kappa shape index (κ3) is 2.49. The molecule has 1 aliphatic carbocycles. The molecule has 4 heteroatoms. The molecule has 2 aliphatic heterocycles. The Labute approximate surface area is 146 Å².